The first kappa shape index (κ1) is 15.0. The molecule has 5 heteroatoms. The lowest BCUT2D eigenvalue weighted by Crippen LogP contribution is -1.95. The number of nitrogens with zero attached hydrogens (tertiary/aromatic N) is 1. The van der Waals surface area contributed by atoms with Crippen molar-refractivity contribution in [1.82, 2.24) is 5.16 Å². The van der Waals surface area contributed by atoms with Crippen LogP contribution >= 0.6 is 0 Å². The Balaban J connectivity index is 2.04. The molecule has 0 radical (unpaired) electrons. The zero-order chi connectivity index (χ0) is 16.2. The molecule has 0 aliphatic heterocycles. The Morgan fingerprint density at radius 2 is 1.43 bits per heavy atom. The van der Waals surface area contributed by atoms with E-state index in [0.717, 1.165) is 11.1 Å². The molecule has 0 saturated heterocycles. The van der Waals surface area contributed by atoms with Crippen LogP contribution in [-0.2, 0) is 0 Å². The number of benzene rings is 2. The topological polar surface area (TPSA) is 53.7 Å². The summed E-state index contributed by atoms with van der Waals surface area (Å²) in [7, 11) is 4.74. The minimum atomic E-state index is 0.547. The highest BCUT2D eigenvalue weighted by Gasteiger charge is 2.16. The van der Waals surface area contributed by atoms with Gasteiger partial charge in [-0.2, -0.15) is 0 Å². The van der Waals surface area contributed by atoms with Gasteiger partial charge in [-0.05, 0) is 12.1 Å². The van der Waals surface area contributed by atoms with Gasteiger partial charge in [-0.3, -0.25) is 0 Å². The van der Waals surface area contributed by atoms with Crippen molar-refractivity contribution in [2.45, 2.75) is 0 Å². The van der Waals surface area contributed by atoms with Gasteiger partial charge in [0, 0.05) is 17.2 Å². The molecule has 3 aromatic rings. The second-order valence-corrected chi connectivity index (χ2v) is 4.86. The van der Waals surface area contributed by atoms with Crippen molar-refractivity contribution < 1.29 is 18.7 Å². The Bertz CT molecular complexity index is 771. The van der Waals surface area contributed by atoms with Gasteiger partial charge in [0.15, 0.2) is 17.3 Å². The van der Waals surface area contributed by atoms with Crippen LogP contribution in [0.2, 0.25) is 0 Å². The van der Waals surface area contributed by atoms with Crippen molar-refractivity contribution in [2.75, 3.05) is 21.3 Å². The molecule has 1 aromatic heterocycles. The Labute approximate surface area is 134 Å². The van der Waals surface area contributed by atoms with Gasteiger partial charge in [-0.25, -0.2) is 0 Å². The van der Waals surface area contributed by atoms with Crippen LogP contribution in [0.15, 0.2) is 53.1 Å². The smallest absolute Gasteiger partial charge is 0.203 e. The number of methoxy groups -OCH3 is 3. The molecule has 0 unspecified atom stereocenters. The van der Waals surface area contributed by atoms with Crippen molar-refractivity contribution in [3.63, 3.8) is 0 Å². The predicted molar refractivity (Wildman–Crippen MR) is 87.0 cm³/mol. The van der Waals surface area contributed by atoms with Crippen molar-refractivity contribution in [3.05, 3.63) is 48.5 Å². The minimum absolute atomic E-state index is 0.547. The fourth-order valence-electron chi connectivity index (χ4n) is 2.38. The molecule has 1 heterocycles. The third-order valence-electron chi connectivity index (χ3n) is 3.53. The van der Waals surface area contributed by atoms with Gasteiger partial charge in [0.25, 0.3) is 0 Å². The number of rotatable bonds is 5. The maximum Gasteiger partial charge on any atom is 0.203 e. The molecule has 0 saturated carbocycles. The number of hydrogen-bond donors (Lipinski definition) is 0. The molecule has 0 bridgehead atoms. The number of aromatic nitrogens is 1. The first-order valence-electron chi connectivity index (χ1n) is 7.09. The molecule has 0 fully saturated rings. The lowest BCUT2D eigenvalue weighted by molar-refractivity contribution is 0.324. The first-order chi connectivity index (χ1) is 11.3. The van der Waals surface area contributed by atoms with Gasteiger partial charge < -0.3 is 18.7 Å². The second kappa shape index (κ2) is 6.44. The average Bonchev–Trinajstić information content (AvgIpc) is 3.11. The normalized spacial score (nSPS) is 10.4. The zero-order valence-electron chi connectivity index (χ0n) is 13.2. The molecule has 0 amide bonds. The van der Waals surface area contributed by atoms with Gasteiger partial charge in [0.2, 0.25) is 5.75 Å². The lowest BCUT2D eigenvalue weighted by Gasteiger charge is -2.13. The Kier molecular flexibility index (Phi) is 4.19. The molecule has 0 aliphatic carbocycles. The second-order valence-electron chi connectivity index (χ2n) is 4.86. The Morgan fingerprint density at radius 3 is 2.00 bits per heavy atom. The summed E-state index contributed by atoms with van der Waals surface area (Å²) in [6.45, 7) is 0. The summed E-state index contributed by atoms with van der Waals surface area (Å²) in [6, 6.07) is 15.4. The van der Waals surface area contributed by atoms with Gasteiger partial charge in [-0.1, -0.05) is 35.5 Å². The average molecular weight is 311 g/mol. The van der Waals surface area contributed by atoms with Crippen molar-refractivity contribution in [3.8, 4) is 39.8 Å². The van der Waals surface area contributed by atoms with E-state index in [-0.39, 0.29) is 0 Å². The summed E-state index contributed by atoms with van der Waals surface area (Å²) in [5, 5.41) is 4.14. The fraction of sp³-hybridized carbons (Fsp3) is 0.167. The number of hydrogen-bond acceptors (Lipinski definition) is 5. The molecule has 2 aromatic carbocycles. The van der Waals surface area contributed by atoms with E-state index in [1.807, 2.05) is 48.5 Å². The maximum absolute atomic E-state index is 5.45. The van der Waals surface area contributed by atoms with Crippen molar-refractivity contribution >= 4 is 0 Å². The largest absolute Gasteiger partial charge is 0.493 e. The summed E-state index contributed by atoms with van der Waals surface area (Å²) in [5.74, 6) is 2.40. The SMILES string of the molecule is COc1cc(-c2cc(-c3ccccc3)on2)cc(OC)c1OC. The third kappa shape index (κ3) is 2.85. The van der Waals surface area contributed by atoms with Crippen LogP contribution in [0.5, 0.6) is 17.2 Å². The number of ether oxygens (including phenoxy) is 3. The summed E-state index contributed by atoms with van der Waals surface area (Å²) in [4.78, 5) is 0. The van der Waals surface area contributed by atoms with Crippen LogP contribution in [0.1, 0.15) is 0 Å². The summed E-state index contributed by atoms with van der Waals surface area (Å²) in [6.07, 6.45) is 0. The molecule has 3 rings (SSSR count). The highest BCUT2D eigenvalue weighted by Crippen LogP contribution is 2.41. The molecule has 0 N–H and O–H groups in total. The fourth-order valence-corrected chi connectivity index (χ4v) is 2.38. The van der Waals surface area contributed by atoms with Gasteiger partial charge in [0.1, 0.15) is 5.69 Å². The highest BCUT2D eigenvalue weighted by molar-refractivity contribution is 5.71. The molecule has 23 heavy (non-hydrogen) atoms. The van der Waals surface area contributed by atoms with E-state index in [0.29, 0.717) is 28.7 Å². The molecule has 5 nitrogen and oxygen atoms in total. The molecule has 0 atom stereocenters. The summed E-state index contributed by atoms with van der Waals surface area (Å²) in [5.41, 5.74) is 2.49. The van der Waals surface area contributed by atoms with Gasteiger partial charge in [-0.15, -0.1) is 0 Å². The van der Waals surface area contributed by atoms with E-state index < -0.39 is 0 Å². The van der Waals surface area contributed by atoms with E-state index in [9.17, 15) is 0 Å². The van der Waals surface area contributed by atoms with E-state index in [1.165, 1.54) is 0 Å². The lowest BCUT2D eigenvalue weighted by atomic mass is 10.1. The van der Waals surface area contributed by atoms with E-state index in [1.54, 1.807) is 21.3 Å². The maximum atomic E-state index is 5.45. The molecular weight excluding hydrogens is 294 g/mol. The van der Waals surface area contributed by atoms with Crippen LogP contribution in [-0.4, -0.2) is 26.5 Å². The molecule has 0 spiro atoms. The van der Waals surface area contributed by atoms with Crippen LogP contribution < -0.4 is 14.2 Å². The predicted octanol–water partition coefficient (Wildman–Crippen LogP) is 4.03. The van der Waals surface area contributed by atoms with Crippen molar-refractivity contribution in [2.24, 2.45) is 0 Å². The first-order valence-corrected chi connectivity index (χ1v) is 7.09. The standard InChI is InChI=1S/C18H17NO4/c1-20-16-9-13(10-17(21-2)18(16)22-3)14-11-15(23-19-14)12-7-5-4-6-8-12/h4-11H,1-3H3. The molecular formula is C18H17NO4. The highest BCUT2D eigenvalue weighted by atomic mass is 16.5. The Hall–Kier alpha value is -2.95. The summed E-state index contributed by atoms with van der Waals surface area (Å²) < 4.78 is 21.5. The zero-order valence-corrected chi connectivity index (χ0v) is 13.2. The third-order valence-corrected chi connectivity index (χ3v) is 3.53. The monoisotopic (exact) mass is 311 g/mol. The molecule has 118 valence electrons. The van der Waals surface area contributed by atoms with Gasteiger partial charge >= 0.3 is 0 Å². The van der Waals surface area contributed by atoms with Crippen LogP contribution in [0.3, 0.4) is 0 Å². The quantitative estimate of drug-likeness (QED) is 0.712. The van der Waals surface area contributed by atoms with Crippen LogP contribution in [0, 0.1) is 0 Å². The van der Waals surface area contributed by atoms with Crippen molar-refractivity contribution in [1.29, 1.82) is 0 Å². The van der Waals surface area contributed by atoms with Crippen LogP contribution in [0.4, 0.5) is 0 Å². The molecule has 0 aliphatic rings. The van der Waals surface area contributed by atoms with Gasteiger partial charge in [0.05, 0.1) is 21.3 Å². The minimum Gasteiger partial charge on any atom is -0.493 e. The van der Waals surface area contributed by atoms with Crippen LogP contribution in [0.25, 0.3) is 22.6 Å². The summed E-state index contributed by atoms with van der Waals surface area (Å²) >= 11 is 0. The Morgan fingerprint density at radius 1 is 0.783 bits per heavy atom. The van der Waals surface area contributed by atoms with E-state index in [2.05, 4.69) is 5.16 Å². The van der Waals surface area contributed by atoms with E-state index >= 15 is 0 Å². The van der Waals surface area contributed by atoms with E-state index in [4.69, 9.17) is 18.7 Å².